The molecule has 6 nitrogen and oxygen atoms in total. The van der Waals surface area contributed by atoms with Crippen molar-refractivity contribution in [3.63, 3.8) is 0 Å². The molecule has 0 saturated heterocycles. The van der Waals surface area contributed by atoms with Gasteiger partial charge < -0.3 is 16.2 Å². The van der Waals surface area contributed by atoms with E-state index in [1.54, 1.807) is 6.20 Å². The lowest BCUT2D eigenvalue weighted by Crippen LogP contribution is -2.25. The molecule has 164 valence electrons. The number of phenols is 1. The van der Waals surface area contributed by atoms with E-state index in [9.17, 15) is 18.7 Å². The number of benzene rings is 1. The average Bonchev–Trinajstić information content (AvgIpc) is 2.74. The molecule has 0 bridgehead atoms. The molecule has 1 aromatic carbocycles. The van der Waals surface area contributed by atoms with Crippen LogP contribution in [0, 0.1) is 11.6 Å². The second-order valence-corrected chi connectivity index (χ2v) is 7.89. The fraction of sp³-hybridized carbons (Fsp3) is 0.208. The van der Waals surface area contributed by atoms with Crippen molar-refractivity contribution >= 4 is 11.6 Å². The number of pyridine rings is 2. The normalized spacial score (nSPS) is 18.2. The predicted molar refractivity (Wildman–Crippen MR) is 117 cm³/mol. The Labute approximate surface area is 183 Å². The molecular weight excluding hydrogens is 414 g/mol. The lowest BCUT2D eigenvalue weighted by molar-refractivity contribution is 0.101. The first-order chi connectivity index (χ1) is 15.3. The summed E-state index contributed by atoms with van der Waals surface area (Å²) in [6, 6.07) is 7.71. The second kappa shape index (κ2) is 8.84. The van der Waals surface area contributed by atoms with E-state index in [-0.39, 0.29) is 29.0 Å². The van der Waals surface area contributed by atoms with Crippen LogP contribution in [0.25, 0.3) is 11.3 Å². The summed E-state index contributed by atoms with van der Waals surface area (Å²) >= 11 is 0. The Balaban J connectivity index is 1.65. The maximum atomic E-state index is 14.5. The summed E-state index contributed by atoms with van der Waals surface area (Å²) in [5, 5.41) is 12.7. The van der Waals surface area contributed by atoms with E-state index in [1.165, 1.54) is 24.4 Å². The van der Waals surface area contributed by atoms with Gasteiger partial charge in [0.15, 0.2) is 11.5 Å². The number of amides is 1. The van der Waals surface area contributed by atoms with Crippen LogP contribution in [0.15, 0.2) is 60.4 Å². The van der Waals surface area contributed by atoms with E-state index < -0.39 is 23.2 Å². The zero-order valence-corrected chi connectivity index (χ0v) is 17.3. The summed E-state index contributed by atoms with van der Waals surface area (Å²) < 4.78 is 28.7. The van der Waals surface area contributed by atoms with Crippen molar-refractivity contribution < 1.29 is 18.7 Å². The maximum Gasteiger partial charge on any atom is 0.277 e. The van der Waals surface area contributed by atoms with Gasteiger partial charge in [0.25, 0.3) is 5.91 Å². The molecule has 2 aromatic heterocycles. The van der Waals surface area contributed by atoms with Crippen LogP contribution in [0.5, 0.6) is 5.75 Å². The molecule has 2 atom stereocenters. The van der Waals surface area contributed by atoms with E-state index in [1.807, 2.05) is 19.1 Å². The highest BCUT2D eigenvalue weighted by Gasteiger charge is 2.24. The Hall–Kier alpha value is -3.65. The van der Waals surface area contributed by atoms with Gasteiger partial charge in [-0.2, -0.15) is 0 Å². The van der Waals surface area contributed by atoms with Gasteiger partial charge in [-0.25, -0.2) is 13.8 Å². The number of allylic oxidation sites excluding steroid dienone is 1. The third-order valence-electron chi connectivity index (χ3n) is 5.48. The topological polar surface area (TPSA) is 101 Å². The van der Waals surface area contributed by atoms with Gasteiger partial charge >= 0.3 is 0 Å². The first-order valence-corrected chi connectivity index (χ1v) is 10.2. The lowest BCUT2D eigenvalue weighted by Gasteiger charge is -2.27. The number of hydrogen-bond acceptors (Lipinski definition) is 5. The predicted octanol–water partition coefficient (Wildman–Crippen LogP) is 4.53. The molecular formula is C24H22F2N4O2. The van der Waals surface area contributed by atoms with Crippen molar-refractivity contribution in [1.29, 1.82) is 0 Å². The third kappa shape index (κ3) is 4.36. The van der Waals surface area contributed by atoms with Crippen molar-refractivity contribution in [1.82, 2.24) is 9.97 Å². The summed E-state index contributed by atoms with van der Waals surface area (Å²) in [5.41, 5.74) is 7.78. The zero-order chi connectivity index (χ0) is 22.8. The van der Waals surface area contributed by atoms with Crippen molar-refractivity contribution in [2.75, 3.05) is 5.32 Å². The largest absolute Gasteiger partial charge is 0.507 e. The molecule has 2 heterocycles. The Morgan fingerprint density at radius 1 is 1.19 bits per heavy atom. The number of aromatic hydroxyl groups is 1. The van der Waals surface area contributed by atoms with E-state index in [0.29, 0.717) is 12.1 Å². The number of carbonyl (C=O) groups excluding carboxylic acids is 1. The van der Waals surface area contributed by atoms with Crippen LogP contribution in [0.3, 0.4) is 0 Å². The number of nitrogens with one attached hydrogen (secondary N) is 1. The van der Waals surface area contributed by atoms with E-state index in [2.05, 4.69) is 15.3 Å². The van der Waals surface area contributed by atoms with E-state index in [4.69, 9.17) is 5.73 Å². The van der Waals surface area contributed by atoms with Gasteiger partial charge in [-0.1, -0.05) is 17.7 Å². The van der Waals surface area contributed by atoms with Crippen LogP contribution >= 0.6 is 0 Å². The number of hydrogen-bond donors (Lipinski definition) is 3. The average molecular weight is 436 g/mol. The van der Waals surface area contributed by atoms with Gasteiger partial charge in [0, 0.05) is 12.2 Å². The van der Waals surface area contributed by atoms with Gasteiger partial charge in [0.1, 0.15) is 11.6 Å². The van der Waals surface area contributed by atoms with Crippen molar-refractivity contribution in [2.24, 2.45) is 5.73 Å². The van der Waals surface area contributed by atoms with Crippen molar-refractivity contribution in [3.8, 4) is 17.0 Å². The lowest BCUT2D eigenvalue weighted by atomic mass is 9.82. The van der Waals surface area contributed by atoms with Crippen LogP contribution in [0.2, 0.25) is 0 Å². The standard InChI is InChI=1S/C24H22F2N4O2/c1-13-9-14(11-15(27)10-13)16-7-8-28-12-20(16)30-24(32)23-18(26)5-6-19(29-23)22-17(25)3-2-4-21(22)31/h2-8,10,12,14-15,31H,9,11,27H2,1H3,(H,30,32). The molecule has 4 rings (SSSR count). The SMILES string of the molecule is CC1=CC(N)CC(c2ccncc2NC(=O)c2nc(-c3c(O)cccc3F)ccc2F)C1. The summed E-state index contributed by atoms with van der Waals surface area (Å²) in [4.78, 5) is 21.0. The summed E-state index contributed by atoms with van der Waals surface area (Å²) in [7, 11) is 0. The highest BCUT2D eigenvalue weighted by molar-refractivity contribution is 6.03. The minimum Gasteiger partial charge on any atom is -0.507 e. The Kier molecular flexibility index (Phi) is 5.96. The van der Waals surface area contributed by atoms with Crippen molar-refractivity contribution in [2.45, 2.75) is 31.7 Å². The Morgan fingerprint density at radius 2 is 2.00 bits per heavy atom. The summed E-state index contributed by atoms with van der Waals surface area (Å²) in [6.45, 7) is 2.01. The number of carbonyl (C=O) groups is 1. The van der Waals surface area contributed by atoms with Gasteiger partial charge in [0.2, 0.25) is 0 Å². The molecule has 8 heteroatoms. The highest BCUT2D eigenvalue weighted by Crippen LogP contribution is 2.36. The molecule has 1 aliphatic carbocycles. The number of nitrogens with two attached hydrogens (primary N) is 1. The number of anilines is 1. The van der Waals surface area contributed by atoms with Crippen LogP contribution < -0.4 is 11.1 Å². The molecule has 4 N–H and O–H groups in total. The Morgan fingerprint density at radius 3 is 2.75 bits per heavy atom. The van der Waals surface area contributed by atoms with Crippen LogP contribution in [0.4, 0.5) is 14.5 Å². The fourth-order valence-electron chi connectivity index (χ4n) is 4.09. The quantitative estimate of drug-likeness (QED) is 0.522. The smallest absolute Gasteiger partial charge is 0.277 e. The van der Waals surface area contributed by atoms with Crippen LogP contribution in [0.1, 0.15) is 41.7 Å². The number of nitrogens with zero attached hydrogens (tertiary/aromatic N) is 2. The number of halogens is 2. The van der Waals surface area contributed by atoms with Crippen LogP contribution in [-0.2, 0) is 0 Å². The summed E-state index contributed by atoms with van der Waals surface area (Å²) in [5.74, 6) is -2.69. The van der Waals surface area contributed by atoms with Crippen molar-refractivity contribution in [3.05, 3.63) is 83.3 Å². The minimum atomic E-state index is -0.869. The van der Waals surface area contributed by atoms with Gasteiger partial charge in [-0.3, -0.25) is 9.78 Å². The summed E-state index contributed by atoms with van der Waals surface area (Å²) in [6.07, 6.45) is 6.65. The zero-order valence-electron chi connectivity index (χ0n) is 17.3. The first-order valence-electron chi connectivity index (χ1n) is 10.2. The third-order valence-corrected chi connectivity index (χ3v) is 5.48. The van der Waals surface area contributed by atoms with Gasteiger partial charge in [-0.05, 0) is 61.6 Å². The molecule has 0 aliphatic heterocycles. The Bertz CT molecular complexity index is 1190. The highest BCUT2D eigenvalue weighted by atomic mass is 19.1. The molecule has 0 saturated carbocycles. The molecule has 0 radical (unpaired) electrons. The number of rotatable bonds is 4. The van der Waals surface area contributed by atoms with E-state index >= 15 is 0 Å². The van der Waals surface area contributed by atoms with Crippen LogP contribution in [-0.4, -0.2) is 27.0 Å². The molecule has 2 unspecified atom stereocenters. The molecule has 1 aliphatic rings. The number of aromatic nitrogens is 2. The first kappa shape index (κ1) is 21.6. The molecule has 1 amide bonds. The van der Waals surface area contributed by atoms with E-state index in [0.717, 1.165) is 29.7 Å². The second-order valence-electron chi connectivity index (χ2n) is 7.89. The molecule has 32 heavy (non-hydrogen) atoms. The van der Waals surface area contributed by atoms with Gasteiger partial charge in [-0.15, -0.1) is 0 Å². The molecule has 3 aromatic rings. The minimum absolute atomic E-state index is 0.0578. The number of phenolic OH excluding ortho intramolecular Hbond substituents is 1. The molecule has 0 fully saturated rings. The molecule has 0 spiro atoms. The monoisotopic (exact) mass is 436 g/mol. The fourth-order valence-corrected chi connectivity index (χ4v) is 4.09. The maximum absolute atomic E-state index is 14.5. The van der Waals surface area contributed by atoms with Gasteiger partial charge in [0.05, 0.1) is 23.1 Å².